The third-order valence-corrected chi connectivity index (χ3v) is 8.55. The number of allylic oxidation sites excluding steroid dienone is 2. The molecule has 6 aromatic carbocycles. The molecular formula is C41H30O4. The van der Waals surface area contributed by atoms with Crippen LogP contribution in [0.2, 0.25) is 0 Å². The molecule has 1 aliphatic carbocycles. The second kappa shape index (κ2) is 11.4. The summed E-state index contributed by atoms with van der Waals surface area (Å²) in [7, 11) is 0. The number of fused-ring (bicyclic) bond motifs is 5. The normalized spacial score (nSPS) is 13.3. The summed E-state index contributed by atoms with van der Waals surface area (Å²) in [6.07, 6.45) is 6.19. The highest BCUT2D eigenvalue weighted by atomic mass is 16.5. The van der Waals surface area contributed by atoms with Crippen LogP contribution in [0, 0.1) is 0 Å². The Labute approximate surface area is 261 Å². The summed E-state index contributed by atoms with van der Waals surface area (Å²) < 4.78 is 11.7. The zero-order chi connectivity index (χ0) is 31.0. The van der Waals surface area contributed by atoms with Crippen LogP contribution < -0.4 is 9.47 Å². The lowest BCUT2D eigenvalue weighted by atomic mass is 9.65. The van der Waals surface area contributed by atoms with E-state index >= 15 is 0 Å². The van der Waals surface area contributed by atoms with Crippen molar-refractivity contribution in [3.8, 4) is 22.6 Å². The van der Waals surface area contributed by atoms with Crippen molar-refractivity contribution in [2.45, 2.75) is 19.3 Å². The summed E-state index contributed by atoms with van der Waals surface area (Å²) in [5.74, 6) is 0.165. The second-order valence-corrected chi connectivity index (χ2v) is 11.0. The van der Waals surface area contributed by atoms with Crippen LogP contribution in [0.15, 0.2) is 146 Å². The van der Waals surface area contributed by atoms with Gasteiger partial charge in [0, 0.05) is 22.9 Å². The largest absolute Gasteiger partial charge is 0.423 e. The maximum atomic E-state index is 12.6. The summed E-state index contributed by atoms with van der Waals surface area (Å²) in [6, 6.07) is 41.3. The molecule has 4 nitrogen and oxygen atoms in total. The molecule has 0 amide bonds. The van der Waals surface area contributed by atoms with Crippen LogP contribution in [0.4, 0.5) is 0 Å². The highest BCUT2D eigenvalue weighted by molar-refractivity contribution is 6.02. The van der Waals surface area contributed by atoms with Gasteiger partial charge < -0.3 is 9.47 Å². The van der Waals surface area contributed by atoms with Gasteiger partial charge in [0.05, 0.1) is 5.41 Å². The smallest absolute Gasteiger partial charge is 0.335 e. The molecule has 0 bridgehead atoms. The van der Waals surface area contributed by atoms with E-state index in [-0.39, 0.29) is 0 Å². The molecule has 0 radical (unpaired) electrons. The minimum absolute atomic E-state index is 0.421. The van der Waals surface area contributed by atoms with Gasteiger partial charge in [-0.2, -0.15) is 0 Å². The van der Waals surface area contributed by atoms with Gasteiger partial charge in [-0.1, -0.05) is 121 Å². The van der Waals surface area contributed by atoms with Crippen LogP contribution in [0.25, 0.3) is 32.7 Å². The van der Waals surface area contributed by atoms with Crippen LogP contribution in [0.5, 0.6) is 11.5 Å². The van der Waals surface area contributed by atoms with Crippen molar-refractivity contribution in [2.75, 3.05) is 0 Å². The SMILES string of the molecule is CC=CC(=O)Oc1cccc2c(C3(c4cccc5c(OC(=O)C=CC)cccc45)c4ccccc4-c4ccccc43)cccc12. The summed E-state index contributed by atoms with van der Waals surface area (Å²) >= 11 is 0. The van der Waals surface area contributed by atoms with Gasteiger partial charge in [0.1, 0.15) is 11.5 Å². The van der Waals surface area contributed by atoms with Gasteiger partial charge >= 0.3 is 11.9 Å². The Bertz CT molecular complexity index is 2030. The van der Waals surface area contributed by atoms with Crippen LogP contribution in [0.1, 0.15) is 36.1 Å². The Hall–Kier alpha value is -5.74. The fourth-order valence-electron chi connectivity index (χ4n) is 6.91. The van der Waals surface area contributed by atoms with Crippen molar-refractivity contribution in [3.63, 3.8) is 0 Å². The average molecular weight is 587 g/mol. The van der Waals surface area contributed by atoms with Crippen molar-refractivity contribution in [1.82, 2.24) is 0 Å². The first-order chi connectivity index (χ1) is 22.1. The van der Waals surface area contributed by atoms with Gasteiger partial charge in [-0.15, -0.1) is 0 Å². The quantitative estimate of drug-likeness (QED) is 0.111. The van der Waals surface area contributed by atoms with E-state index in [4.69, 9.17) is 9.47 Å². The van der Waals surface area contributed by atoms with E-state index in [1.807, 2.05) is 48.5 Å². The predicted octanol–water partition coefficient (Wildman–Crippen LogP) is 9.32. The van der Waals surface area contributed by atoms with E-state index in [9.17, 15) is 9.59 Å². The van der Waals surface area contributed by atoms with Crippen molar-refractivity contribution < 1.29 is 19.1 Å². The van der Waals surface area contributed by atoms with E-state index in [0.29, 0.717) is 11.5 Å². The summed E-state index contributed by atoms with van der Waals surface area (Å²) in [5, 5.41) is 3.63. The Balaban J connectivity index is 1.60. The molecule has 0 atom stereocenters. The highest BCUT2D eigenvalue weighted by Crippen LogP contribution is 2.58. The standard InChI is InChI=1S/C41H30O4/c1-3-13-39(42)44-37-25-11-17-29-31(37)19-9-23-35(29)41(33-21-7-5-15-27(33)28-16-6-8-22-34(28)41)36-24-10-20-32-30(36)18-12-26-38(32)45-40(43)14-4-2/h3-26H,1-2H3. The molecule has 0 aliphatic heterocycles. The van der Waals surface area contributed by atoms with E-state index in [0.717, 1.165) is 54.9 Å². The minimum atomic E-state index is -0.746. The van der Waals surface area contributed by atoms with Crippen molar-refractivity contribution in [2.24, 2.45) is 0 Å². The number of hydrogen-bond acceptors (Lipinski definition) is 4. The first-order valence-corrected chi connectivity index (χ1v) is 15.0. The molecule has 0 aromatic heterocycles. The molecule has 0 spiro atoms. The Kier molecular flexibility index (Phi) is 7.11. The Morgan fingerprint density at radius 3 is 1.29 bits per heavy atom. The van der Waals surface area contributed by atoms with E-state index in [1.54, 1.807) is 26.0 Å². The number of carbonyl (C=O) groups excluding carboxylic acids is 2. The zero-order valence-corrected chi connectivity index (χ0v) is 25.0. The van der Waals surface area contributed by atoms with Crippen molar-refractivity contribution in [3.05, 3.63) is 168 Å². The lowest BCUT2D eigenvalue weighted by Gasteiger charge is -2.36. The molecule has 1 aliphatic rings. The summed E-state index contributed by atoms with van der Waals surface area (Å²) in [6.45, 7) is 3.58. The molecule has 0 heterocycles. The van der Waals surface area contributed by atoms with Gasteiger partial charge in [0.15, 0.2) is 0 Å². The van der Waals surface area contributed by atoms with Gasteiger partial charge in [-0.3, -0.25) is 0 Å². The molecule has 45 heavy (non-hydrogen) atoms. The van der Waals surface area contributed by atoms with Crippen LogP contribution in [-0.4, -0.2) is 11.9 Å². The molecule has 218 valence electrons. The van der Waals surface area contributed by atoms with E-state index in [1.165, 1.54) is 12.2 Å². The molecule has 4 heteroatoms. The average Bonchev–Trinajstić information content (AvgIpc) is 3.36. The topological polar surface area (TPSA) is 52.6 Å². The predicted molar refractivity (Wildman–Crippen MR) is 180 cm³/mol. The number of benzene rings is 6. The molecule has 6 aromatic rings. The first kappa shape index (κ1) is 28.1. The van der Waals surface area contributed by atoms with Gasteiger partial charge in [-0.25, -0.2) is 9.59 Å². The fourth-order valence-corrected chi connectivity index (χ4v) is 6.91. The third-order valence-electron chi connectivity index (χ3n) is 8.55. The number of rotatable bonds is 6. The fraction of sp³-hybridized carbons (Fsp3) is 0.0732. The van der Waals surface area contributed by atoms with E-state index < -0.39 is 17.4 Å². The third kappa shape index (κ3) is 4.46. The Morgan fingerprint density at radius 1 is 0.467 bits per heavy atom. The molecule has 0 saturated heterocycles. The zero-order valence-electron chi connectivity index (χ0n) is 25.0. The van der Waals surface area contributed by atoms with Crippen molar-refractivity contribution in [1.29, 1.82) is 0 Å². The van der Waals surface area contributed by atoms with Crippen molar-refractivity contribution >= 4 is 33.5 Å². The number of ether oxygens (including phenoxy) is 2. The molecule has 0 N–H and O–H groups in total. The summed E-state index contributed by atoms with van der Waals surface area (Å²) in [4.78, 5) is 25.1. The molecule has 0 fully saturated rings. The number of hydrogen-bond donors (Lipinski definition) is 0. The maximum Gasteiger partial charge on any atom is 0.335 e. The molecule has 7 rings (SSSR count). The molecule has 0 unspecified atom stereocenters. The lowest BCUT2D eigenvalue weighted by Crippen LogP contribution is -2.29. The lowest BCUT2D eigenvalue weighted by molar-refractivity contribution is -0.129. The van der Waals surface area contributed by atoms with Gasteiger partial charge in [-0.05, 0) is 70.1 Å². The summed E-state index contributed by atoms with van der Waals surface area (Å²) in [5.41, 5.74) is 6.00. The van der Waals surface area contributed by atoms with Gasteiger partial charge in [0.2, 0.25) is 0 Å². The van der Waals surface area contributed by atoms with E-state index in [2.05, 4.69) is 72.8 Å². The molecule has 0 saturated carbocycles. The minimum Gasteiger partial charge on any atom is -0.423 e. The van der Waals surface area contributed by atoms with Crippen LogP contribution in [0.3, 0.4) is 0 Å². The highest BCUT2D eigenvalue weighted by Gasteiger charge is 2.47. The van der Waals surface area contributed by atoms with Gasteiger partial charge in [0.25, 0.3) is 0 Å². The first-order valence-electron chi connectivity index (χ1n) is 15.0. The number of carbonyl (C=O) groups is 2. The van der Waals surface area contributed by atoms with Crippen LogP contribution in [-0.2, 0) is 15.0 Å². The molecular weight excluding hydrogens is 556 g/mol. The Morgan fingerprint density at radius 2 is 0.844 bits per heavy atom. The van der Waals surface area contributed by atoms with Crippen LogP contribution >= 0.6 is 0 Å². The number of esters is 2. The maximum absolute atomic E-state index is 12.6. The second-order valence-electron chi connectivity index (χ2n) is 11.0. The monoisotopic (exact) mass is 586 g/mol.